The molecule has 0 saturated heterocycles. The molecule has 1 N–H and O–H groups in total. The summed E-state index contributed by atoms with van der Waals surface area (Å²) in [5.74, 6) is 0.364. The summed E-state index contributed by atoms with van der Waals surface area (Å²) in [6, 6.07) is 0. The molecule has 0 aliphatic carbocycles. The van der Waals surface area contributed by atoms with Crippen molar-refractivity contribution in [3.63, 3.8) is 0 Å². The smallest absolute Gasteiger partial charge is 0.121 e. The number of rotatable bonds is 3. The highest BCUT2D eigenvalue weighted by Crippen LogP contribution is 1.89. The van der Waals surface area contributed by atoms with Gasteiger partial charge in [0.05, 0.1) is 6.26 Å². The lowest BCUT2D eigenvalue weighted by Gasteiger charge is -1.96. The molecule has 0 rings (SSSR count). The van der Waals surface area contributed by atoms with E-state index >= 15 is 0 Å². The standard InChI is InChI=1S/C6H10O2/c1-3-4-8-6(2)5-7/h3-4,7H,2,5H2,1H3/b4-3-. The topological polar surface area (TPSA) is 29.5 Å². The normalized spacial score (nSPS) is 9.75. The Balaban J connectivity index is 3.25. The first-order valence-corrected chi connectivity index (χ1v) is 2.37. The van der Waals surface area contributed by atoms with Crippen LogP contribution >= 0.6 is 0 Å². The van der Waals surface area contributed by atoms with Crippen molar-refractivity contribution < 1.29 is 9.84 Å². The Morgan fingerprint density at radius 1 is 1.88 bits per heavy atom. The van der Waals surface area contributed by atoms with Crippen molar-refractivity contribution in [2.45, 2.75) is 6.92 Å². The monoisotopic (exact) mass is 114 g/mol. The average Bonchev–Trinajstić information content (AvgIpc) is 1.83. The maximum absolute atomic E-state index is 8.30. The van der Waals surface area contributed by atoms with Gasteiger partial charge in [-0.1, -0.05) is 12.7 Å². The summed E-state index contributed by atoms with van der Waals surface area (Å²) in [6.07, 6.45) is 3.19. The quantitative estimate of drug-likeness (QED) is 0.555. The molecular formula is C6H10O2. The Kier molecular flexibility index (Phi) is 3.98. The van der Waals surface area contributed by atoms with Crippen molar-refractivity contribution in [3.8, 4) is 0 Å². The van der Waals surface area contributed by atoms with Crippen LogP contribution in [0.15, 0.2) is 24.7 Å². The second kappa shape index (κ2) is 4.40. The second-order valence-corrected chi connectivity index (χ2v) is 1.28. The Labute approximate surface area is 49.1 Å². The van der Waals surface area contributed by atoms with Crippen LogP contribution in [0.3, 0.4) is 0 Å². The predicted octanol–water partition coefficient (Wildman–Crippen LogP) is 1.04. The molecule has 46 valence electrons. The summed E-state index contributed by atoms with van der Waals surface area (Å²) in [5, 5.41) is 8.30. The van der Waals surface area contributed by atoms with Crippen LogP contribution in [-0.4, -0.2) is 11.7 Å². The Morgan fingerprint density at radius 2 is 2.50 bits per heavy atom. The number of hydrogen-bond acceptors (Lipinski definition) is 2. The maximum atomic E-state index is 8.30. The van der Waals surface area contributed by atoms with Gasteiger partial charge in [-0.25, -0.2) is 0 Å². The number of allylic oxidation sites excluding steroid dienone is 1. The van der Waals surface area contributed by atoms with Gasteiger partial charge in [-0.05, 0) is 6.92 Å². The van der Waals surface area contributed by atoms with E-state index in [1.54, 1.807) is 6.08 Å². The van der Waals surface area contributed by atoms with Gasteiger partial charge in [0, 0.05) is 0 Å². The SMILES string of the molecule is C=C(CO)O/C=C\C. The third-order valence-corrected chi connectivity index (χ3v) is 0.547. The Morgan fingerprint density at radius 3 is 2.88 bits per heavy atom. The van der Waals surface area contributed by atoms with E-state index in [2.05, 4.69) is 6.58 Å². The maximum Gasteiger partial charge on any atom is 0.121 e. The summed E-state index contributed by atoms with van der Waals surface area (Å²) >= 11 is 0. The van der Waals surface area contributed by atoms with Crippen molar-refractivity contribution in [3.05, 3.63) is 24.7 Å². The van der Waals surface area contributed by atoms with Crippen LogP contribution in [0, 0.1) is 0 Å². The molecule has 0 amide bonds. The average molecular weight is 114 g/mol. The number of hydrogen-bond donors (Lipinski definition) is 1. The number of aliphatic hydroxyl groups is 1. The minimum Gasteiger partial charge on any atom is -0.468 e. The van der Waals surface area contributed by atoms with Crippen molar-refractivity contribution >= 4 is 0 Å². The highest BCUT2D eigenvalue weighted by atomic mass is 16.5. The van der Waals surface area contributed by atoms with Gasteiger partial charge in [0.1, 0.15) is 12.4 Å². The second-order valence-electron chi connectivity index (χ2n) is 1.28. The number of aliphatic hydroxyl groups excluding tert-OH is 1. The largest absolute Gasteiger partial charge is 0.468 e. The van der Waals surface area contributed by atoms with E-state index in [-0.39, 0.29) is 6.61 Å². The molecule has 0 aliphatic heterocycles. The van der Waals surface area contributed by atoms with Crippen molar-refractivity contribution in [1.29, 1.82) is 0 Å². The summed E-state index contributed by atoms with van der Waals surface area (Å²) in [5.41, 5.74) is 0. The molecule has 0 aliphatic rings. The first-order chi connectivity index (χ1) is 3.81. The minimum atomic E-state index is -0.121. The summed E-state index contributed by atoms with van der Waals surface area (Å²) < 4.78 is 4.72. The van der Waals surface area contributed by atoms with Gasteiger partial charge in [0.25, 0.3) is 0 Å². The zero-order valence-corrected chi connectivity index (χ0v) is 4.92. The lowest BCUT2D eigenvalue weighted by molar-refractivity contribution is 0.236. The van der Waals surface area contributed by atoms with Crippen molar-refractivity contribution in [1.82, 2.24) is 0 Å². The van der Waals surface area contributed by atoms with E-state index in [1.807, 2.05) is 6.92 Å². The molecule has 0 unspecified atom stereocenters. The highest BCUT2D eigenvalue weighted by Gasteiger charge is 1.82. The third kappa shape index (κ3) is 3.43. The molecule has 8 heavy (non-hydrogen) atoms. The van der Waals surface area contributed by atoms with E-state index in [1.165, 1.54) is 6.26 Å². The summed E-state index contributed by atoms with van der Waals surface area (Å²) in [6.45, 7) is 5.09. The molecule has 0 spiro atoms. The van der Waals surface area contributed by atoms with Gasteiger partial charge in [0.2, 0.25) is 0 Å². The molecule has 0 saturated carbocycles. The molecule has 0 bridgehead atoms. The lowest BCUT2D eigenvalue weighted by atomic mass is 10.6. The molecule has 0 aromatic heterocycles. The van der Waals surface area contributed by atoms with Crippen LogP contribution in [0.5, 0.6) is 0 Å². The zero-order valence-electron chi connectivity index (χ0n) is 4.92. The van der Waals surface area contributed by atoms with Gasteiger partial charge in [-0.3, -0.25) is 0 Å². The van der Waals surface area contributed by atoms with Crippen LogP contribution in [0.4, 0.5) is 0 Å². The zero-order chi connectivity index (χ0) is 6.41. The lowest BCUT2D eigenvalue weighted by Crippen LogP contribution is -1.87. The van der Waals surface area contributed by atoms with E-state index in [4.69, 9.17) is 9.84 Å². The van der Waals surface area contributed by atoms with Gasteiger partial charge in [0.15, 0.2) is 0 Å². The molecule has 0 aromatic rings. The van der Waals surface area contributed by atoms with Gasteiger partial charge >= 0.3 is 0 Å². The third-order valence-electron chi connectivity index (χ3n) is 0.547. The van der Waals surface area contributed by atoms with Gasteiger partial charge in [-0.2, -0.15) is 0 Å². The van der Waals surface area contributed by atoms with E-state index in [0.717, 1.165) is 0 Å². The molecule has 2 nitrogen and oxygen atoms in total. The van der Waals surface area contributed by atoms with Crippen LogP contribution in [-0.2, 0) is 4.74 Å². The first-order valence-electron chi connectivity index (χ1n) is 2.37. The van der Waals surface area contributed by atoms with E-state index in [0.29, 0.717) is 5.76 Å². The van der Waals surface area contributed by atoms with Gasteiger partial charge < -0.3 is 9.84 Å². The molecule has 0 fully saturated rings. The Hall–Kier alpha value is -0.760. The fourth-order valence-corrected chi connectivity index (χ4v) is 0.202. The van der Waals surface area contributed by atoms with Crippen LogP contribution < -0.4 is 0 Å². The number of ether oxygens (including phenoxy) is 1. The summed E-state index contributed by atoms with van der Waals surface area (Å²) in [4.78, 5) is 0. The Bertz CT molecular complexity index is 94.7. The minimum absolute atomic E-state index is 0.121. The molecule has 0 radical (unpaired) electrons. The fourth-order valence-electron chi connectivity index (χ4n) is 0.202. The fraction of sp³-hybridized carbons (Fsp3) is 0.333. The molecular weight excluding hydrogens is 104 g/mol. The molecule has 0 heterocycles. The molecule has 2 heteroatoms. The molecule has 0 atom stereocenters. The highest BCUT2D eigenvalue weighted by molar-refractivity contribution is 4.84. The molecule has 0 aromatic carbocycles. The van der Waals surface area contributed by atoms with E-state index in [9.17, 15) is 0 Å². The van der Waals surface area contributed by atoms with Crippen LogP contribution in [0.25, 0.3) is 0 Å². The first kappa shape index (κ1) is 7.24. The van der Waals surface area contributed by atoms with Crippen molar-refractivity contribution in [2.75, 3.05) is 6.61 Å². The van der Waals surface area contributed by atoms with Crippen molar-refractivity contribution in [2.24, 2.45) is 0 Å². The predicted molar refractivity (Wildman–Crippen MR) is 32.1 cm³/mol. The van der Waals surface area contributed by atoms with E-state index < -0.39 is 0 Å². The van der Waals surface area contributed by atoms with Gasteiger partial charge in [-0.15, -0.1) is 0 Å². The van der Waals surface area contributed by atoms with Crippen LogP contribution in [0.1, 0.15) is 6.92 Å². The van der Waals surface area contributed by atoms with Crippen LogP contribution in [0.2, 0.25) is 0 Å². The summed E-state index contributed by atoms with van der Waals surface area (Å²) in [7, 11) is 0.